The van der Waals surface area contributed by atoms with Gasteiger partial charge in [0.05, 0.1) is 19.5 Å². The third-order valence-corrected chi connectivity index (χ3v) is 4.19. The molecule has 0 bridgehead atoms. The third kappa shape index (κ3) is 3.58. The summed E-state index contributed by atoms with van der Waals surface area (Å²) < 4.78 is 13.8. The molecule has 2 heterocycles. The van der Waals surface area contributed by atoms with Crippen molar-refractivity contribution in [3.63, 3.8) is 0 Å². The lowest BCUT2D eigenvalue weighted by Gasteiger charge is -2.28. The van der Waals surface area contributed by atoms with Gasteiger partial charge in [-0.3, -0.25) is 0 Å². The summed E-state index contributed by atoms with van der Waals surface area (Å²) in [6.45, 7) is 2.00. The number of imidazole rings is 1. The van der Waals surface area contributed by atoms with Crippen molar-refractivity contribution in [3.8, 4) is 0 Å². The van der Waals surface area contributed by atoms with Gasteiger partial charge in [0.2, 0.25) is 0 Å². The largest absolute Gasteiger partial charge is 0.347 e. The molecule has 0 radical (unpaired) electrons. The fourth-order valence-corrected chi connectivity index (χ4v) is 2.98. The van der Waals surface area contributed by atoms with E-state index in [1.807, 2.05) is 22.9 Å². The minimum Gasteiger partial charge on any atom is -0.347 e. The monoisotopic (exact) mass is 326 g/mol. The van der Waals surface area contributed by atoms with Gasteiger partial charge in [0.15, 0.2) is 5.79 Å². The second kappa shape index (κ2) is 6.36. The summed E-state index contributed by atoms with van der Waals surface area (Å²) in [5, 5.41) is 1.27. The molecule has 0 unspecified atom stereocenters. The van der Waals surface area contributed by atoms with E-state index in [2.05, 4.69) is 4.98 Å². The third-order valence-electron chi connectivity index (χ3n) is 3.60. The number of ether oxygens (including phenoxy) is 2. The Morgan fingerprint density at radius 1 is 1.24 bits per heavy atom. The zero-order chi connectivity index (χ0) is 14.7. The van der Waals surface area contributed by atoms with Crippen molar-refractivity contribution < 1.29 is 9.47 Å². The van der Waals surface area contributed by atoms with Crippen molar-refractivity contribution >= 4 is 23.2 Å². The van der Waals surface area contributed by atoms with Gasteiger partial charge in [0, 0.05) is 41.8 Å². The standard InChI is InChI=1S/C15H16Cl2N2O2/c16-13-2-1-12(14(17)9-13)10-15(20-7-8-21-15)3-5-19-6-4-18-11-19/h1-2,4,6,9,11H,3,5,7-8,10H2. The molecule has 4 nitrogen and oxygen atoms in total. The van der Waals surface area contributed by atoms with Gasteiger partial charge in [-0.25, -0.2) is 4.98 Å². The van der Waals surface area contributed by atoms with E-state index in [4.69, 9.17) is 32.7 Å². The van der Waals surface area contributed by atoms with Crippen LogP contribution in [-0.2, 0) is 22.4 Å². The Hall–Kier alpha value is -1.07. The summed E-state index contributed by atoms with van der Waals surface area (Å²) in [5.41, 5.74) is 0.980. The van der Waals surface area contributed by atoms with Crippen molar-refractivity contribution in [2.24, 2.45) is 0 Å². The van der Waals surface area contributed by atoms with E-state index in [1.165, 1.54) is 0 Å². The minimum atomic E-state index is -0.623. The van der Waals surface area contributed by atoms with Crippen LogP contribution in [0, 0.1) is 0 Å². The van der Waals surface area contributed by atoms with Crippen molar-refractivity contribution in [3.05, 3.63) is 52.5 Å². The zero-order valence-corrected chi connectivity index (χ0v) is 13.0. The van der Waals surface area contributed by atoms with E-state index < -0.39 is 5.79 Å². The van der Waals surface area contributed by atoms with Crippen LogP contribution in [0.2, 0.25) is 10.0 Å². The molecule has 1 aromatic carbocycles. The smallest absolute Gasteiger partial charge is 0.174 e. The molecule has 1 aliphatic rings. The number of aromatic nitrogens is 2. The van der Waals surface area contributed by atoms with Gasteiger partial charge in [0.1, 0.15) is 0 Å². The lowest BCUT2D eigenvalue weighted by atomic mass is 10.0. The molecule has 112 valence electrons. The van der Waals surface area contributed by atoms with E-state index in [0.717, 1.165) is 18.5 Å². The summed E-state index contributed by atoms with van der Waals surface area (Å²) in [6.07, 6.45) is 6.83. The quantitative estimate of drug-likeness (QED) is 0.842. The minimum absolute atomic E-state index is 0.606. The molecule has 1 saturated heterocycles. The summed E-state index contributed by atoms with van der Waals surface area (Å²) in [7, 11) is 0. The van der Waals surface area contributed by atoms with E-state index in [9.17, 15) is 0 Å². The Morgan fingerprint density at radius 3 is 2.71 bits per heavy atom. The van der Waals surface area contributed by atoms with Crippen molar-refractivity contribution in [2.45, 2.75) is 25.2 Å². The lowest BCUT2D eigenvalue weighted by Crippen LogP contribution is -2.34. The number of nitrogens with zero attached hydrogens (tertiary/aromatic N) is 2. The van der Waals surface area contributed by atoms with Crippen LogP contribution in [-0.4, -0.2) is 28.6 Å². The molecule has 1 aliphatic heterocycles. The maximum atomic E-state index is 6.26. The van der Waals surface area contributed by atoms with Gasteiger partial charge in [-0.15, -0.1) is 0 Å². The molecule has 3 rings (SSSR count). The Balaban J connectivity index is 1.74. The molecule has 1 aromatic heterocycles. The van der Waals surface area contributed by atoms with Gasteiger partial charge in [-0.2, -0.15) is 0 Å². The second-order valence-corrected chi connectivity index (χ2v) is 5.91. The van der Waals surface area contributed by atoms with E-state index in [-0.39, 0.29) is 0 Å². The van der Waals surface area contributed by atoms with E-state index in [0.29, 0.717) is 29.7 Å². The molecule has 0 aliphatic carbocycles. The predicted octanol–water partition coefficient (Wildman–Crippen LogP) is 3.57. The maximum absolute atomic E-state index is 6.26. The zero-order valence-electron chi connectivity index (χ0n) is 11.5. The van der Waals surface area contributed by atoms with Crippen molar-refractivity contribution in [1.82, 2.24) is 9.55 Å². The van der Waals surface area contributed by atoms with Crippen LogP contribution in [0.4, 0.5) is 0 Å². The number of benzene rings is 1. The fourth-order valence-electron chi connectivity index (χ4n) is 2.51. The lowest BCUT2D eigenvalue weighted by molar-refractivity contribution is -0.162. The number of hydrogen-bond acceptors (Lipinski definition) is 3. The summed E-state index contributed by atoms with van der Waals surface area (Å²) >= 11 is 12.2. The van der Waals surface area contributed by atoms with Gasteiger partial charge in [-0.05, 0) is 17.7 Å². The molecular formula is C15H16Cl2N2O2. The Kier molecular flexibility index (Phi) is 4.50. The van der Waals surface area contributed by atoms with Crippen LogP contribution in [0.5, 0.6) is 0 Å². The molecule has 1 fully saturated rings. The first kappa shape index (κ1) is 14.9. The molecule has 2 aromatic rings. The summed E-state index contributed by atoms with van der Waals surface area (Å²) in [4.78, 5) is 4.04. The highest BCUT2D eigenvalue weighted by molar-refractivity contribution is 6.35. The average molecular weight is 327 g/mol. The molecule has 0 amide bonds. The first-order chi connectivity index (χ1) is 10.2. The molecule has 0 N–H and O–H groups in total. The normalized spacial score (nSPS) is 17.2. The van der Waals surface area contributed by atoms with Crippen LogP contribution in [0.25, 0.3) is 0 Å². The van der Waals surface area contributed by atoms with Crippen LogP contribution < -0.4 is 0 Å². The van der Waals surface area contributed by atoms with Crippen LogP contribution in [0.3, 0.4) is 0 Å². The molecular weight excluding hydrogens is 311 g/mol. The van der Waals surface area contributed by atoms with Crippen molar-refractivity contribution in [2.75, 3.05) is 13.2 Å². The van der Waals surface area contributed by atoms with E-state index in [1.54, 1.807) is 18.6 Å². The first-order valence-electron chi connectivity index (χ1n) is 6.84. The van der Waals surface area contributed by atoms with Gasteiger partial charge >= 0.3 is 0 Å². The summed E-state index contributed by atoms with van der Waals surface area (Å²) in [6, 6.07) is 5.51. The van der Waals surface area contributed by atoms with Crippen LogP contribution in [0.15, 0.2) is 36.9 Å². The van der Waals surface area contributed by atoms with Crippen molar-refractivity contribution in [1.29, 1.82) is 0 Å². The van der Waals surface area contributed by atoms with Gasteiger partial charge < -0.3 is 14.0 Å². The SMILES string of the molecule is Clc1ccc(CC2(CCn3ccnc3)OCCO2)c(Cl)c1. The Labute approximate surface area is 133 Å². The van der Waals surface area contributed by atoms with Gasteiger partial charge in [-0.1, -0.05) is 29.3 Å². The van der Waals surface area contributed by atoms with Crippen LogP contribution >= 0.6 is 23.2 Å². The fraction of sp³-hybridized carbons (Fsp3) is 0.400. The predicted molar refractivity (Wildman–Crippen MR) is 81.6 cm³/mol. The number of aryl methyl sites for hydroxylation is 1. The second-order valence-electron chi connectivity index (χ2n) is 5.07. The summed E-state index contributed by atoms with van der Waals surface area (Å²) in [5.74, 6) is -0.623. The maximum Gasteiger partial charge on any atom is 0.174 e. The van der Waals surface area contributed by atoms with E-state index >= 15 is 0 Å². The molecule has 0 spiro atoms. The molecule has 0 saturated carbocycles. The highest BCUT2D eigenvalue weighted by Gasteiger charge is 2.37. The Morgan fingerprint density at radius 2 is 2.05 bits per heavy atom. The number of halogens is 2. The molecule has 6 heteroatoms. The average Bonchev–Trinajstić information content (AvgIpc) is 3.12. The number of rotatable bonds is 5. The van der Waals surface area contributed by atoms with Crippen LogP contribution in [0.1, 0.15) is 12.0 Å². The highest BCUT2D eigenvalue weighted by atomic mass is 35.5. The first-order valence-corrected chi connectivity index (χ1v) is 7.60. The molecule has 21 heavy (non-hydrogen) atoms. The number of hydrogen-bond donors (Lipinski definition) is 0. The molecule has 0 atom stereocenters. The topological polar surface area (TPSA) is 36.3 Å². The van der Waals surface area contributed by atoms with Gasteiger partial charge in [0.25, 0.3) is 0 Å². The highest BCUT2D eigenvalue weighted by Crippen LogP contribution is 2.32. The Bertz CT molecular complexity index is 596.